The molecule has 0 saturated carbocycles. The predicted octanol–water partition coefficient (Wildman–Crippen LogP) is 2.71. The summed E-state index contributed by atoms with van der Waals surface area (Å²) in [6, 6.07) is 3.04. The maximum atomic E-state index is 13.2. The maximum absolute atomic E-state index is 13.2. The third-order valence-corrected chi connectivity index (χ3v) is 4.46. The molecule has 1 aliphatic rings. The van der Waals surface area contributed by atoms with Crippen molar-refractivity contribution in [3.63, 3.8) is 0 Å². The van der Waals surface area contributed by atoms with Crippen LogP contribution in [0.2, 0.25) is 0 Å². The lowest BCUT2D eigenvalue weighted by atomic mass is 9.96. The molecule has 0 amide bonds. The molecule has 0 aliphatic carbocycles. The number of likely N-dealkylation sites (tertiary alicyclic amines) is 1. The summed E-state index contributed by atoms with van der Waals surface area (Å²) in [6.45, 7) is 2.17. The van der Waals surface area contributed by atoms with Crippen LogP contribution in [0.4, 0.5) is 17.6 Å². The number of rotatable bonds is 4. The van der Waals surface area contributed by atoms with Crippen molar-refractivity contribution in [2.24, 2.45) is 5.92 Å². The molecular weight excluding hydrogens is 352 g/mol. The van der Waals surface area contributed by atoms with Crippen LogP contribution < -0.4 is 5.56 Å². The van der Waals surface area contributed by atoms with E-state index in [9.17, 15) is 22.4 Å². The Morgan fingerprint density at radius 2 is 1.88 bits per heavy atom. The molecule has 140 valence electrons. The Hall–Kier alpha value is -2.29. The molecule has 0 radical (unpaired) electrons. The molecular formula is C17H18F4N4O. The first kappa shape index (κ1) is 18.5. The average Bonchev–Trinajstić information content (AvgIpc) is 2.57. The largest absolute Gasteiger partial charge is 0.435 e. The summed E-state index contributed by atoms with van der Waals surface area (Å²) in [4.78, 5) is 17.7. The van der Waals surface area contributed by atoms with E-state index in [1.807, 2.05) is 0 Å². The maximum Gasteiger partial charge on any atom is 0.435 e. The molecule has 0 bridgehead atoms. The monoisotopic (exact) mass is 370 g/mol. The van der Waals surface area contributed by atoms with Gasteiger partial charge in [-0.25, -0.2) is 9.07 Å². The Morgan fingerprint density at radius 3 is 2.54 bits per heavy atom. The van der Waals surface area contributed by atoms with Gasteiger partial charge in [0.05, 0.1) is 6.20 Å². The SMILES string of the molecule is O=c1ccc(C(F)(F)F)nn1CC1CCN(Cc2cncc(F)c2)CC1. The Bertz CT molecular complexity index is 813. The molecule has 3 rings (SSSR count). The van der Waals surface area contributed by atoms with E-state index < -0.39 is 17.4 Å². The number of alkyl halides is 3. The van der Waals surface area contributed by atoms with Gasteiger partial charge in [-0.2, -0.15) is 18.3 Å². The summed E-state index contributed by atoms with van der Waals surface area (Å²) >= 11 is 0. The molecule has 2 aromatic heterocycles. The zero-order valence-corrected chi connectivity index (χ0v) is 13.9. The summed E-state index contributed by atoms with van der Waals surface area (Å²) in [5.74, 6) is -0.307. The summed E-state index contributed by atoms with van der Waals surface area (Å²) in [5.41, 5.74) is -0.821. The van der Waals surface area contributed by atoms with E-state index in [1.54, 1.807) is 6.20 Å². The highest BCUT2D eigenvalue weighted by molar-refractivity contribution is 5.10. The van der Waals surface area contributed by atoms with Gasteiger partial charge in [0.2, 0.25) is 0 Å². The first-order valence-electron chi connectivity index (χ1n) is 8.28. The van der Waals surface area contributed by atoms with Crippen LogP contribution in [-0.2, 0) is 19.3 Å². The molecule has 1 saturated heterocycles. The van der Waals surface area contributed by atoms with Crippen molar-refractivity contribution in [1.82, 2.24) is 19.7 Å². The van der Waals surface area contributed by atoms with Crippen LogP contribution in [0, 0.1) is 11.7 Å². The van der Waals surface area contributed by atoms with Gasteiger partial charge in [-0.15, -0.1) is 0 Å². The highest BCUT2D eigenvalue weighted by Gasteiger charge is 2.33. The van der Waals surface area contributed by atoms with E-state index in [0.717, 1.165) is 48.4 Å². The molecule has 0 unspecified atom stereocenters. The lowest BCUT2D eigenvalue weighted by molar-refractivity contribution is -0.142. The molecule has 3 heterocycles. The Morgan fingerprint density at radius 1 is 1.15 bits per heavy atom. The normalized spacial score (nSPS) is 16.8. The molecule has 9 heteroatoms. The number of pyridine rings is 1. The molecule has 26 heavy (non-hydrogen) atoms. The smallest absolute Gasteiger partial charge is 0.299 e. The second kappa shape index (κ2) is 7.53. The van der Waals surface area contributed by atoms with Gasteiger partial charge in [0, 0.05) is 25.4 Å². The summed E-state index contributed by atoms with van der Waals surface area (Å²) in [6.07, 6.45) is -0.352. The van der Waals surface area contributed by atoms with Crippen molar-refractivity contribution in [1.29, 1.82) is 0 Å². The van der Waals surface area contributed by atoms with Crippen molar-refractivity contribution >= 4 is 0 Å². The van der Waals surface area contributed by atoms with Crippen LogP contribution in [0.1, 0.15) is 24.1 Å². The molecule has 0 spiro atoms. The second-order valence-electron chi connectivity index (χ2n) is 6.47. The Labute approximate surface area is 147 Å². The zero-order chi connectivity index (χ0) is 18.7. The van der Waals surface area contributed by atoms with Crippen LogP contribution in [0.25, 0.3) is 0 Å². The molecule has 1 aliphatic heterocycles. The van der Waals surface area contributed by atoms with Crippen molar-refractivity contribution in [2.45, 2.75) is 32.1 Å². The number of piperidine rings is 1. The van der Waals surface area contributed by atoms with Gasteiger partial charge in [0.15, 0.2) is 5.69 Å². The molecule has 0 aromatic carbocycles. The highest BCUT2D eigenvalue weighted by Crippen LogP contribution is 2.26. The first-order chi connectivity index (χ1) is 12.3. The standard InChI is InChI=1S/C17H18F4N4O/c18-14-7-13(8-22-9-14)10-24-5-3-12(4-6-24)11-25-16(26)2-1-15(23-25)17(19,20)21/h1-2,7-9,12H,3-6,10-11H2. The number of hydrogen-bond acceptors (Lipinski definition) is 4. The van der Waals surface area contributed by atoms with Gasteiger partial charge < -0.3 is 0 Å². The van der Waals surface area contributed by atoms with E-state index in [-0.39, 0.29) is 18.3 Å². The minimum atomic E-state index is -4.57. The van der Waals surface area contributed by atoms with Gasteiger partial charge in [-0.05, 0) is 49.5 Å². The fraction of sp³-hybridized carbons (Fsp3) is 0.471. The van der Waals surface area contributed by atoms with Gasteiger partial charge in [-0.3, -0.25) is 14.7 Å². The number of hydrogen-bond donors (Lipinski definition) is 0. The first-order valence-corrected chi connectivity index (χ1v) is 8.28. The van der Waals surface area contributed by atoms with Gasteiger partial charge in [-0.1, -0.05) is 0 Å². The summed E-state index contributed by atoms with van der Waals surface area (Å²) in [7, 11) is 0. The lowest BCUT2D eigenvalue weighted by Gasteiger charge is -2.31. The van der Waals surface area contributed by atoms with Crippen molar-refractivity contribution in [2.75, 3.05) is 13.1 Å². The van der Waals surface area contributed by atoms with E-state index in [0.29, 0.717) is 12.6 Å². The van der Waals surface area contributed by atoms with E-state index in [1.165, 1.54) is 6.07 Å². The van der Waals surface area contributed by atoms with Crippen molar-refractivity contribution < 1.29 is 17.6 Å². The van der Waals surface area contributed by atoms with Crippen molar-refractivity contribution in [3.05, 3.63) is 58.0 Å². The molecule has 0 atom stereocenters. The fourth-order valence-electron chi connectivity index (χ4n) is 3.10. The number of halogens is 4. The molecule has 2 aromatic rings. The number of aromatic nitrogens is 3. The second-order valence-corrected chi connectivity index (χ2v) is 6.47. The summed E-state index contributed by atoms with van der Waals surface area (Å²) < 4.78 is 52.3. The lowest BCUT2D eigenvalue weighted by Crippen LogP contribution is -2.36. The van der Waals surface area contributed by atoms with Gasteiger partial charge >= 0.3 is 6.18 Å². The minimum Gasteiger partial charge on any atom is -0.299 e. The Balaban J connectivity index is 1.58. The third-order valence-electron chi connectivity index (χ3n) is 4.46. The van der Waals surface area contributed by atoms with E-state index in [2.05, 4.69) is 15.0 Å². The van der Waals surface area contributed by atoms with Crippen molar-refractivity contribution in [3.8, 4) is 0 Å². The Kier molecular flexibility index (Phi) is 5.36. The quantitative estimate of drug-likeness (QED) is 0.777. The van der Waals surface area contributed by atoms with Crippen LogP contribution in [-0.4, -0.2) is 32.8 Å². The minimum absolute atomic E-state index is 0.0746. The molecule has 0 N–H and O–H groups in total. The highest BCUT2D eigenvalue weighted by atomic mass is 19.4. The van der Waals surface area contributed by atoms with Crippen LogP contribution in [0.15, 0.2) is 35.4 Å². The molecule has 5 nitrogen and oxygen atoms in total. The topological polar surface area (TPSA) is 51.0 Å². The van der Waals surface area contributed by atoms with Gasteiger partial charge in [0.25, 0.3) is 5.56 Å². The zero-order valence-electron chi connectivity index (χ0n) is 13.9. The third kappa shape index (κ3) is 4.66. The van der Waals surface area contributed by atoms with E-state index >= 15 is 0 Å². The number of nitrogens with zero attached hydrogens (tertiary/aromatic N) is 4. The fourth-order valence-corrected chi connectivity index (χ4v) is 3.10. The average molecular weight is 370 g/mol. The van der Waals surface area contributed by atoms with Crippen LogP contribution in [0.3, 0.4) is 0 Å². The molecule has 1 fully saturated rings. The predicted molar refractivity (Wildman–Crippen MR) is 85.7 cm³/mol. The van der Waals surface area contributed by atoms with Crippen LogP contribution in [0.5, 0.6) is 0 Å². The van der Waals surface area contributed by atoms with Crippen LogP contribution >= 0.6 is 0 Å². The van der Waals surface area contributed by atoms with Gasteiger partial charge in [0.1, 0.15) is 5.82 Å². The summed E-state index contributed by atoms with van der Waals surface area (Å²) in [5, 5.41) is 3.45. The van der Waals surface area contributed by atoms with E-state index in [4.69, 9.17) is 0 Å².